The highest BCUT2D eigenvalue weighted by atomic mass is 16.5. The number of aromatic nitrogens is 1. The van der Waals surface area contributed by atoms with Crippen LogP contribution in [0.1, 0.15) is 41.6 Å². The molecule has 25 heavy (non-hydrogen) atoms. The number of methoxy groups -OCH3 is 1. The molecule has 2 aromatic rings. The van der Waals surface area contributed by atoms with Crippen LogP contribution in [-0.4, -0.2) is 35.0 Å². The Morgan fingerprint density at radius 2 is 2.08 bits per heavy atom. The van der Waals surface area contributed by atoms with Crippen molar-refractivity contribution in [3.63, 3.8) is 0 Å². The van der Waals surface area contributed by atoms with Gasteiger partial charge in [0.1, 0.15) is 5.78 Å². The maximum absolute atomic E-state index is 12.5. The minimum Gasteiger partial charge on any atom is -0.481 e. The van der Waals surface area contributed by atoms with Crippen molar-refractivity contribution < 1.29 is 14.6 Å². The lowest BCUT2D eigenvalue weighted by Crippen LogP contribution is -2.20. The third-order valence-corrected chi connectivity index (χ3v) is 4.50. The van der Waals surface area contributed by atoms with E-state index >= 15 is 0 Å². The fourth-order valence-corrected chi connectivity index (χ4v) is 3.17. The van der Waals surface area contributed by atoms with Crippen molar-refractivity contribution in [3.05, 3.63) is 65.0 Å². The highest BCUT2D eigenvalue weighted by molar-refractivity contribution is 5.97. The van der Waals surface area contributed by atoms with E-state index in [-0.39, 0.29) is 18.1 Å². The van der Waals surface area contributed by atoms with Gasteiger partial charge in [0.25, 0.3) is 0 Å². The molecule has 0 radical (unpaired) electrons. The molecular weight excluding hydrogens is 316 g/mol. The third kappa shape index (κ3) is 3.94. The molecular formula is C20H22N2O3. The van der Waals surface area contributed by atoms with Crippen molar-refractivity contribution in [1.82, 2.24) is 4.98 Å². The molecule has 0 saturated carbocycles. The molecule has 130 valence electrons. The van der Waals surface area contributed by atoms with Gasteiger partial charge in [0.2, 0.25) is 5.90 Å². The van der Waals surface area contributed by atoms with Crippen molar-refractivity contribution >= 4 is 11.7 Å². The predicted molar refractivity (Wildman–Crippen MR) is 95.7 cm³/mol. The third-order valence-electron chi connectivity index (χ3n) is 4.50. The highest BCUT2D eigenvalue weighted by Crippen LogP contribution is 2.25. The summed E-state index contributed by atoms with van der Waals surface area (Å²) in [7, 11) is 1.59. The number of hydrogen-bond donors (Lipinski definition) is 1. The van der Waals surface area contributed by atoms with Crippen LogP contribution in [0, 0.1) is 0 Å². The molecule has 0 amide bonds. The fourth-order valence-electron chi connectivity index (χ4n) is 3.17. The largest absolute Gasteiger partial charge is 0.481 e. The quantitative estimate of drug-likeness (QED) is 0.879. The van der Waals surface area contributed by atoms with E-state index in [4.69, 9.17) is 4.74 Å². The molecule has 1 unspecified atom stereocenters. The molecule has 2 heterocycles. The number of aliphatic hydroxyl groups is 1. The number of rotatable bonds is 6. The minimum atomic E-state index is -0.586. The van der Waals surface area contributed by atoms with Gasteiger partial charge >= 0.3 is 0 Å². The summed E-state index contributed by atoms with van der Waals surface area (Å²) in [6.45, 7) is 2.28. The Hall–Kier alpha value is -2.53. The lowest BCUT2D eigenvalue weighted by Gasteiger charge is -2.19. The number of Topliss-reactive ketones (excluding diaryl/α,β-unsaturated/α-hetero) is 1. The smallest absolute Gasteiger partial charge is 0.218 e. The lowest BCUT2D eigenvalue weighted by molar-refractivity contribution is -0.119. The number of ketones is 1. The van der Waals surface area contributed by atoms with Gasteiger partial charge in [0.15, 0.2) is 0 Å². The summed E-state index contributed by atoms with van der Waals surface area (Å²) in [5.41, 5.74) is 3.63. The van der Waals surface area contributed by atoms with Crippen LogP contribution < -0.4 is 0 Å². The molecule has 0 saturated heterocycles. The van der Waals surface area contributed by atoms with Crippen molar-refractivity contribution in [1.29, 1.82) is 0 Å². The minimum absolute atomic E-state index is 0.0630. The summed E-state index contributed by atoms with van der Waals surface area (Å²) in [4.78, 5) is 21.2. The number of hydrogen-bond acceptors (Lipinski definition) is 5. The number of fused-ring (bicyclic) bond motifs is 1. The fraction of sp³-hybridized carbons (Fsp3) is 0.350. The van der Waals surface area contributed by atoms with Gasteiger partial charge in [-0.05, 0) is 24.1 Å². The van der Waals surface area contributed by atoms with Crippen molar-refractivity contribution in [2.24, 2.45) is 4.99 Å². The number of aliphatic hydroxyl groups excluding tert-OH is 1. The van der Waals surface area contributed by atoms with Gasteiger partial charge in [-0.25, -0.2) is 4.99 Å². The van der Waals surface area contributed by atoms with Gasteiger partial charge < -0.3 is 9.84 Å². The summed E-state index contributed by atoms with van der Waals surface area (Å²) in [5.74, 6) is 0.457. The van der Waals surface area contributed by atoms with Crippen LogP contribution in [0.3, 0.4) is 0 Å². The average Bonchev–Trinajstić information content (AvgIpc) is 3.02. The van der Waals surface area contributed by atoms with Crippen LogP contribution in [0.15, 0.2) is 47.6 Å². The SMILES string of the molecule is COC1=NCc2cc(CC(=O)C[C@@H](c3ccccc3)C(C)O)ncc21. The van der Waals surface area contributed by atoms with E-state index in [9.17, 15) is 9.90 Å². The van der Waals surface area contributed by atoms with Gasteiger partial charge in [0, 0.05) is 30.7 Å². The van der Waals surface area contributed by atoms with Gasteiger partial charge in [-0.3, -0.25) is 9.78 Å². The second-order valence-corrected chi connectivity index (χ2v) is 6.34. The number of ether oxygens (including phenoxy) is 1. The first-order valence-corrected chi connectivity index (χ1v) is 8.39. The van der Waals surface area contributed by atoms with E-state index in [1.165, 1.54) is 0 Å². The molecule has 0 fully saturated rings. The molecule has 2 atom stereocenters. The second kappa shape index (κ2) is 7.57. The molecule has 1 aliphatic heterocycles. The van der Waals surface area contributed by atoms with E-state index in [1.807, 2.05) is 36.4 Å². The number of pyridine rings is 1. The van der Waals surface area contributed by atoms with Crippen molar-refractivity contribution in [3.8, 4) is 0 Å². The molecule has 1 aromatic heterocycles. The Morgan fingerprint density at radius 1 is 1.32 bits per heavy atom. The molecule has 0 spiro atoms. The molecule has 3 rings (SSSR count). The zero-order valence-electron chi connectivity index (χ0n) is 14.5. The zero-order valence-corrected chi connectivity index (χ0v) is 14.5. The van der Waals surface area contributed by atoms with Crippen LogP contribution in [0.25, 0.3) is 0 Å². The van der Waals surface area contributed by atoms with E-state index in [1.54, 1.807) is 20.2 Å². The molecule has 1 N–H and O–H groups in total. The number of carbonyl (C=O) groups excluding carboxylic acids is 1. The normalized spacial score (nSPS) is 15.2. The van der Waals surface area contributed by atoms with Crippen molar-refractivity contribution in [2.45, 2.75) is 38.3 Å². The maximum atomic E-state index is 12.5. The maximum Gasteiger partial charge on any atom is 0.218 e. The summed E-state index contributed by atoms with van der Waals surface area (Å²) in [6, 6.07) is 11.6. The molecule has 1 aliphatic rings. The summed E-state index contributed by atoms with van der Waals surface area (Å²) in [5, 5.41) is 10.1. The lowest BCUT2D eigenvalue weighted by atomic mass is 9.88. The van der Waals surface area contributed by atoms with E-state index < -0.39 is 6.10 Å². The van der Waals surface area contributed by atoms with Crippen molar-refractivity contribution in [2.75, 3.05) is 7.11 Å². The monoisotopic (exact) mass is 338 g/mol. The van der Waals surface area contributed by atoms with E-state index in [0.29, 0.717) is 18.9 Å². The zero-order chi connectivity index (χ0) is 17.8. The highest BCUT2D eigenvalue weighted by Gasteiger charge is 2.22. The molecule has 1 aromatic carbocycles. The Labute approximate surface area is 147 Å². The van der Waals surface area contributed by atoms with Gasteiger partial charge in [-0.2, -0.15) is 0 Å². The average molecular weight is 338 g/mol. The number of aliphatic imine (C=N–C) groups is 1. The van der Waals surface area contributed by atoms with Crippen LogP contribution in [-0.2, 0) is 22.5 Å². The van der Waals surface area contributed by atoms with Crippen LogP contribution in [0.4, 0.5) is 0 Å². The van der Waals surface area contributed by atoms with Crippen LogP contribution >= 0.6 is 0 Å². The Morgan fingerprint density at radius 3 is 2.76 bits per heavy atom. The van der Waals surface area contributed by atoms with Crippen LogP contribution in [0.5, 0.6) is 0 Å². The summed E-state index contributed by atoms with van der Waals surface area (Å²) < 4.78 is 5.20. The Bertz CT molecular complexity index is 785. The first-order chi connectivity index (χ1) is 12.1. The summed E-state index contributed by atoms with van der Waals surface area (Å²) >= 11 is 0. The Balaban J connectivity index is 1.68. The molecule has 5 heteroatoms. The molecule has 0 aliphatic carbocycles. The number of carbonyl (C=O) groups is 1. The predicted octanol–water partition coefficient (Wildman–Crippen LogP) is 2.65. The summed E-state index contributed by atoms with van der Waals surface area (Å²) in [6.07, 6.45) is 1.68. The number of nitrogens with zero attached hydrogens (tertiary/aromatic N) is 2. The van der Waals surface area contributed by atoms with Gasteiger partial charge in [0.05, 0.1) is 25.3 Å². The topological polar surface area (TPSA) is 71.8 Å². The first kappa shape index (κ1) is 17.3. The van der Waals surface area contributed by atoms with Crippen LogP contribution in [0.2, 0.25) is 0 Å². The second-order valence-electron chi connectivity index (χ2n) is 6.34. The first-order valence-electron chi connectivity index (χ1n) is 8.39. The van der Waals surface area contributed by atoms with Gasteiger partial charge in [-0.1, -0.05) is 30.3 Å². The van der Waals surface area contributed by atoms with E-state index in [0.717, 1.165) is 22.4 Å². The Kier molecular flexibility index (Phi) is 5.24. The standard InChI is InChI=1S/C20H22N2O3/c1-13(23)18(14-6-4-3-5-7-14)10-17(24)9-16-8-15-11-22-20(25-2)19(15)12-21-16/h3-8,12-13,18,23H,9-11H2,1-2H3/t13?,18-/m1/s1. The number of benzene rings is 1. The molecule has 5 nitrogen and oxygen atoms in total. The molecule has 0 bridgehead atoms. The van der Waals surface area contributed by atoms with E-state index in [2.05, 4.69) is 9.98 Å². The van der Waals surface area contributed by atoms with Gasteiger partial charge in [-0.15, -0.1) is 0 Å².